The van der Waals surface area contributed by atoms with E-state index >= 15 is 0 Å². The first-order valence-corrected chi connectivity index (χ1v) is 11.0. The summed E-state index contributed by atoms with van der Waals surface area (Å²) in [5.74, 6) is 0. The smallest absolute Gasteiger partial charge is 0.411 e. The van der Waals surface area contributed by atoms with E-state index in [4.69, 9.17) is 16.3 Å². The Bertz CT molecular complexity index is 1250. The van der Waals surface area contributed by atoms with Crippen LogP contribution < -0.4 is 5.32 Å². The predicted molar refractivity (Wildman–Crippen MR) is 122 cm³/mol. The Kier molecular flexibility index (Phi) is 6.36. The molecular weight excluding hydrogens is 458 g/mol. The Morgan fingerprint density at radius 1 is 1.16 bits per heavy atom. The topological polar surface area (TPSA) is 94.4 Å². The minimum Gasteiger partial charge on any atom is -0.444 e. The summed E-state index contributed by atoms with van der Waals surface area (Å²) in [6.07, 6.45) is -0.683. The average Bonchev–Trinajstić information content (AvgIpc) is 3.15. The Labute approximate surface area is 190 Å². The third-order valence-electron chi connectivity index (χ3n) is 4.13. The van der Waals surface area contributed by atoms with E-state index in [0.717, 1.165) is 10.2 Å². The zero-order valence-electron chi connectivity index (χ0n) is 15.8. The maximum atomic E-state index is 12.0. The number of hydrogen-bond acceptors (Lipinski definition) is 7. The molecule has 0 radical (unpaired) electrons. The van der Waals surface area contributed by atoms with Crippen LogP contribution in [-0.4, -0.2) is 16.0 Å². The summed E-state index contributed by atoms with van der Waals surface area (Å²) in [6.45, 7) is -0.112. The molecule has 1 amide bonds. The van der Waals surface area contributed by atoms with Crippen LogP contribution in [0.1, 0.15) is 5.56 Å². The molecule has 4 rings (SSSR count). The second-order valence-electron chi connectivity index (χ2n) is 6.32. The number of carbonyl (C=O) groups excluding carboxylic acids is 1. The number of nitro benzene ring substituents is 1. The molecule has 0 aliphatic heterocycles. The number of rotatable bonds is 6. The third kappa shape index (κ3) is 5.32. The average molecular weight is 472 g/mol. The lowest BCUT2D eigenvalue weighted by molar-refractivity contribution is -0.387. The first-order valence-electron chi connectivity index (χ1n) is 8.98. The lowest BCUT2D eigenvalue weighted by Gasteiger charge is -2.08. The Balaban J connectivity index is 1.45. The third-order valence-corrected chi connectivity index (χ3v) is 6.53. The molecule has 4 aromatic rings. The van der Waals surface area contributed by atoms with Crippen molar-refractivity contribution in [2.75, 3.05) is 5.32 Å². The fraction of sp³-hybridized carbons (Fsp3) is 0.0476. The number of para-hydroxylation sites is 1. The van der Waals surface area contributed by atoms with Gasteiger partial charge < -0.3 is 4.74 Å². The van der Waals surface area contributed by atoms with Crippen molar-refractivity contribution in [2.24, 2.45) is 0 Å². The Morgan fingerprint density at radius 2 is 2.00 bits per heavy atom. The number of nitro groups is 1. The molecule has 0 spiro atoms. The molecule has 0 saturated carbocycles. The van der Waals surface area contributed by atoms with Gasteiger partial charge in [-0.25, -0.2) is 9.78 Å². The fourth-order valence-corrected chi connectivity index (χ4v) is 5.04. The van der Waals surface area contributed by atoms with Crippen LogP contribution in [0.5, 0.6) is 0 Å². The number of thiazole rings is 1. The monoisotopic (exact) mass is 471 g/mol. The summed E-state index contributed by atoms with van der Waals surface area (Å²) in [4.78, 5) is 28.1. The molecule has 0 fully saturated rings. The summed E-state index contributed by atoms with van der Waals surface area (Å²) >= 11 is 8.60. The first-order chi connectivity index (χ1) is 15.0. The van der Waals surface area contributed by atoms with E-state index in [2.05, 4.69) is 10.3 Å². The van der Waals surface area contributed by atoms with Crippen LogP contribution >= 0.6 is 34.7 Å². The van der Waals surface area contributed by atoms with Crippen LogP contribution in [0.4, 0.5) is 16.2 Å². The van der Waals surface area contributed by atoms with Gasteiger partial charge in [-0.05, 0) is 42.0 Å². The lowest BCUT2D eigenvalue weighted by Crippen LogP contribution is -2.13. The number of nitrogens with one attached hydrogen (secondary N) is 1. The quantitative estimate of drug-likeness (QED) is 0.246. The van der Waals surface area contributed by atoms with Gasteiger partial charge in [-0.15, -0.1) is 11.3 Å². The minimum absolute atomic E-state index is 0.0689. The van der Waals surface area contributed by atoms with Gasteiger partial charge in [0, 0.05) is 16.8 Å². The number of aromatic nitrogens is 1. The van der Waals surface area contributed by atoms with Gasteiger partial charge in [0.15, 0.2) is 4.34 Å². The van der Waals surface area contributed by atoms with E-state index in [1.54, 1.807) is 36.4 Å². The predicted octanol–water partition coefficient (Wildman–Crippen LogP) is 6.76. The summed E-state index contributed by atoms with van der Waals surface area (Å²) in [7, 11) is 0. The summed E-state index contributed by atoms with van der Waals surface area (Å²) < 4.78 is 6.91. The highest BCUT2D eigenvalue weighted by atomic mass is 35.5. The molecule has 1 aromatic heterocycles. The Hall–Kier alpha value is -3.14. The molecule has 156 valence electrons. The van der Waals surface area contributed by atoms with Crippen molar-refractivity contribution < 1.29 is 14.5 Å². The molecule has 3 aromatic carbocycles. The van der Waals surface area contributed by atoms with Crippen molar-refractivity contribution in [2.45, 2.75) is 15.8 Å². The maximum absolute atomic E-state index is 12.0. The highest BCUT2D eigenvalue weighted by molar-refractivity contribution is 8.01. The number of halogens is 1. The molecule has 0 aliphatic carbocycles. The number of nitrogens with zero attached hydrogens (tertiary/aromatic N) is 2. The molecule has 0 bridgehead atoms. The molecule has 10 heteroatoms. The van der Waals surface area contributed by atoms with E-state index in [1.165, 1.54) is 29.2 Å². The van der Waals surface area contributed by atoms with Crippen LogP contribution in [0.3, 0.4) is 0 Å². The highest BCUT2D eigenvalue weighted by Crippen LogP contribution is 2.39. The highest BCUT2D eigenvalue weighted by Gasteiger charge is 2.18. The van der Waals surface area contributed by atoms with Crippen molar-refractivity contribution >= 4 is 62.4 Å². The van der Waals surface area contributed by atoms with E-state index < -0.39 is 11.0 Å². The van der Waals surface area contributed by atoms with Crippen LogP contribution in [0.2, 0.25) is 5.02 Å². The van der Waals surface area contributed by atoms with Crippen molar-refractivity contribution in [3.05, 3.63) is 87.4 Å². The zero-order valence-corrected chi connectivity index (χ0v) is 18.2. The van der Waals surface area contributed by atoms with E-state index in [-0.39, 0.29) is 12.3 Å². The second kappa shape index (κ2) is 9.34. The number of anilines is 1. The van der Waals surface area contributed by atoms with Gasteiger partial charge in [0.2, 0.25) is 0 Å². The molecule has 1 heterocycles. The molecular formula is C21H14ClN3O4S2. The number of fused-ring (bicyclic) bond motifs is 1. The number of hydrogen-bond donors (Lipinski definition) is 1. The minimum atomic E-state index is -0.683. The lowest BCUT2D eigenvalue weighted by atomic mass is 10.2. The summed E-state index contributed by atoms with van der Waals surface area (Å²) in [6, 6.07) is 19.1. The number of benzene rings is 3. The van der Waals surface area contributed by atoms with Crippen molar-refractivity contribution in [3.63, 3.8) is 0 Å². The van der Waals surface area contributed by atoms with Crippen molar-refractivity contribution in [3.8, 4) is 0 Å². The fourth-order valence-electron chi connectivity index (χ4n) is 2.74. The van der Waals surface area contributed by atoms with Crippen molar-refractivity contribution in [1.82, 2.24) is 4.98 Å². The van der Waals surface area contributed by atoms with Gasteiger partial charge in [0.25, 0.3) is 5.69 Å². The van der Waals surface area contributed by atoms with Crippen molar-refractivity contribution in [1.29, 1.82) is 0 Å². The summed E-state index contributed by atoms with van der Waals surface area (Å²) in [5, 5.41) is 14.6. The maximum Gasteiger partial charge on any atom is 0.411 e. The van der Waals surface area contributed by atoms with E-state index in [9.17, 15) is 14.9 Å². The number of amides is 1. The van der Waals surface area contributed by atoms with Crippen LogP contribution in [0.15, 0.2) is 76.0 Å². The molecule has 0 aliphatic rings. The molecule has 0 atom stereocenters. The van der Waals surface area contributed by atoms with Crippen LogP contribution in [0, 0.1) is 10.1 Å². The van der Waals surface area contributed by atoms with Gasteiger partial charge in [-0.2, -0.15) is 0 Å². The van der Waals surface area contributed by atoms with Gasteiger partial charge in [0.05, 0.1) is 20.0 Å². The number of ether oxygens (including phenoxy) is 1. The zero-order chi connectivity index (χ0) is 21.8. The van der Waals surface area contributed by atoms with Gasteiger partial charge in [-0.1, -0.05) is 47.6 Å². The van der Waals surface area contributed by atoms with Crippen LogP contribution in [0.25, 0.3) is 10.2 Å². The SMILES string of the molecule is O=C(Nc1cccc(Cl)c1)OCc1ccc(Sc2nc3ccccc3s2)c([N+](=O)[O-])c1. The normalized spacial score (nSPS) is 10.7. The second-order valence-corrected chi connectivity index (χ2v) is 9.08. The van der Waals surface area contributed by atoms with Gasteiger partial charge in [-0.3, -0.25) is 15.4 Å². The molecule has 0 saturated heterocycles. The largest absolute Gasteiger partial charge is 0.444 e. The van der Waals surface area contributed by atoms with E-state index in [0.29, 0.717) is 25.5 Å². The molecule has 1 N–H and O–H groups in total. The first kappa shape index (κ1) is 21.1. The summed E-state index contributed by atoms with van der Waals surface area (Å²) in [5.41, 5.74) is 1.78. The van der Waals surface area contributed by atoms with Gasteiger partial charge in [0.1, 0.15) is 6.61 Å². The molecule has 0 unspecified atom stereocenters. The molecule has 31 heavy (non-hydrogen) atoms. The van der Waals surface area contributed by atoms with E-state index in [1.807, 2.05) is 24.3 Å². The van der Waals surface area contributed by atoms with Crippen LogP contribution in [-0.2, 0) is 11.3 Å². The van der Waals surface area contributed by atoms with Gasteiger partial charge >= 0.3 is 6.09 Å². The number of carbonyl (C=O) groups is 1. The standard InChI is InChI=1S/C21H14ClN3O4S2/c22-14-4-3-5-15(11-14)23-20(26)29-12-13-8-9-19(17(10-13)25(27)28)31-21-24-16-6-1-2-7-18(16)30-21/h1-11H,12H2,(H,23,26). The Morgan fingerprint density at radius 3 is 2.77 bits per heavy atom. The molecule has 7 nitrogen and oxygen atoms in total.